The third-order valence-electron chi connectivity index (χ3n) is 3.31. The van der Waals surface area contributed by atoms with Gasteiger partial charge in [0, 0.05) is 10.0 Å². The summed E-state index contributed by atoms with van der Waals surface area (Å²) in [5.41, 5.74) is 0.762. The number of methoxy groups -OCH3 is 1. The van der Waals surface area contributed by atoms with Gasteiger partial charge in [-0.1, -0.05) is 39.9 Å². The first-order valence-electron chi connectivity index (χ1n) is 7.16. The molecular weight excluding hydrogens is 414 g/mol. The van der Waals surface area contributed by atoms with Gasteiger partial charge in [0.05, 0.1) is 18.6 Å². The molecule has 5 nitrogen and oxygen atoms in total. The van der Waals surface area contributed by atoms with Gasteiger partial charge in [-0.2, -0.15) is 0 Å². The zero-order valence-corrected chi connectivity index (χ0v) is 16.6. The van der Waals surface area contributed by atoms with E-state index in [4.69, 9.17) is 21.7 Å². The van der Waals surface area contributed by atoms with Gasteiger partial charge < -0.3 is 9.47 Å². The summed E-state index contributed by atoms with van der Waals surface area (Å²) >= 11 is 9.81. The van der Waals surface area contributed by atoms with Gasteiger partial charge in [-0.05, 0) is 38.1 Å². The van der Waals surface area contributed by atoms with Crippen LogP contribution in [0.1, 0.15) is 19.4 Å². The minimum atomic E-state index is -0.762. The number of thiocarbonyl (C=S) groups is 1. The van der Waals surface area contributed by atoms with Gasteiger partial charge >= 0.3 is 5.97 Å². The van der Waals surface area contributed by atoms with E-state index in [9.17, 15) is 9.59 Å². The molecule has 0 unspecified atom stereocenters. The Kier molecular flexibility index (Phi) is 6.42. The van der Waals surface area contributed by atoms with Crippen molar-refractivity contribution >= 4 is 62.2 Å². The molecule has 1 fully saturated rings. The average molecular weight is 430 g/mol. The number of halogens is 1. The highest BCUT2D eigenvalue weighted by atomic mass is 79.9. The van der Waals surface area contributed by atoms with Crippen molar-refractivity contribution in [1.82, 2.24) is 4.90 Å². The van der Waals surface area contributed by atoms with E-state index in [0.29, 0.717) is 21.6 Å². The number of nitrogens with zero attached hydrogens (tertiary/aromatic N) is 1. The Labute approximate surface area is 158 Å². The normalized spacial score (nSPS) is 17.3. The molecule has 1 aromatic rings. The van der Waals surface area contributed by atoms with Gasteiger partial charge in [0.15, 0.2) is 0 Å². The molecule has 0 aliphatic carbocycles. The summed E-state index contributed by atoms with van der Waals surface area (Å²) in [6, 6.07) is 4.80. The first-order valence-corrected chi connectivity index (χ1v) is 9.18. The molecule has 2 rings (SSSR count). The highest BCUT2D eigenvalue weighted by Crippen LogP contribution is 2.36. The first kappa shape index (κ1) is 19.0. The fraction of sp³-hybridized carbons (Fsp3) is 0.312. The van der Waals surface area contributed by atoms with Crippen LogP contribution in [-0.2, 0) is 14.3 Å². The third kappa shape index (κ3) is 3.99. The van der Waals surface area contributed by atoms with Crippen LogP contribution in [0.2, 0.25) is 0 Å². The van der Waals surface area contributed by atoms with Gasteiger partial charge in [0.2, 0.25) is 0 Å². The quantitative estimate of drug-likeness (QED) is 0.404. The Morgan fingerprint density at radius 1 is 1.50 bits per heavy atom. The van der Waals surface area contributed by atoms with Crippen molar-refractivity contribution in [2.45, 2.75) is 19.9 Å². The SMILES string of the molecule is CCOc1ccc(Br)cc1/C=C1\SC(=S)N([C@H](C)C(=O)OC)C1=O. The van der Waals surface area contributed by atoms with Crippen molar-refractivity contribution in [3.05, 3.63) is 33.1 Å². The molecule has 1 heterocycles. The summed E-state index contributed by atoms with van der Waals surface area (Å²) in [6.07, 6.45) is 1.72. The Hall–Kier alpha value is -1.38. The summed E-state index contributed by atoms with van der Waals surface area (Å²) in [7, 11) is 1.28. The second kappa shape index (κ2) is 8.13. The maximum Gasteiger partial charge on any atom is 0.328 e. The second-order valence-electron chi connectivity index (χ2n) is 4.87. The molecule has 0 bridgehead atoms. The molecule has 1 aliphatic heterocycles. The summed E-state index contributed by atoms with van der Waals surface area (Å²) in [4.78, 5) is 26.0. The van der Waals surface area contributed by atoms with E-state index in [-0.39, 0.29) is 5.91 Å². The molecule has 24 heavy (non-hydrogen) atoms. The van der Waals surface area contributed by atoms with Crippen molar-refractivity contribution < 1.29 is 19.1 Å². The highest BCUT2D eigenvalue weighted by Gasteiger charge is 2.38. The van der Waals surface area contributed by atoms with E-state index in [1.165, 1.54) is 12.0 Å². The molecule has 1 amide bonds. The van der Waals surface area contributed by atoms with E-state index in [2.05, 4.69) is 15.9 Å². The molecule has 1 aromatic carbocycles. The smallest absolute Gasteiger partial charge is 0.328 e. The highest BCUT2D eigenvalue weighted by molar-refractivity contribution is 9.10. The van der Waals surface area contributed by atoms with Crippen molar-refractivity contribution in [2.75, 3.05) is 13.7 Å². The zero-order valence-electron chi connectivity index (χ0n) is 13.4. The van der Waals surface area contributed by atoms with Crippen LogP contribution in [0.4, 0.5) is 0 Å². The lowest BCUT2D eigenvalue weighted by Gasteiger charge is -2.20. The number of ether oxygens (including phenoxy) is 2. The summed E-state index contributed by atoms with van der Waals surface area (Å²) in [6.45, 7) is 4.00. The van der Waals surface area contributed by atoms with Gasteiger partial charge in [-0.15, -0.1) is 0 Å². The van der Waals surface area contributed by atoms with Gasteiger partial charge in [0.25, 0.3) is 5.91 Å². The van der Waals surface area contributed by atoms with Crippen molar-refractivity contribution in [3.63, 3.8) is 0 Å². The van der Waals surface area contributed by atoms with Gasteiger partial charge in [-0.3, -0.25) is 9.69 Å². The van der Waals surface area contributed by atoms with Crippen LogP contribution in [0.3, 0.4) is 0 Å². The molecule has 1 aliphatic rings. The molecule has 0 spiro atoms. The predicted octanol–water partition coefficient (Wildman–Crippen LogP) is 3.61. The van der Waals surface area contributed by atoms with Gasteiger partial charge in [-0.25, -0.2) is 4.79 Å². The number of carbonyl (C=O) groups is 2. The van der Waals surface area contributed by atoms with Crippen molar-refractivity contribution in [3.8, 4) is 5.75 Å². The molecule has 0 saturated carbocycles. The monoisotopic (exact) mass is 429 g/mol. The van der Waals surface area contributed by atoms with Crippen LogP contribution in [0.5, 0.6) is 5.75 Å². The summed E-state index contributed by atoms with van der Waals surface area (Å²) < 4.78 is 11.5. The van der Waals surface area contributed by atoms with Crippen LogP contribution in [0, 0.1) is 0 Å². The number of hydrogen-bond donors (Lipinski definition) is 0. The van der Waals surface area contributed by atoms with Crippen LogP contribution >= 0.6 is 39.9 Å². The Morgan fingerprint density at radius 3 is 2.83 bits per heavy atom. The Bertz CT molecular complexity index is 720. The average Bonchev–Trinajstić information content (AvgIpc) is 2.82. The maximum absolute atomic E-state index is 12.6. The van der Waals surface area contributed by atoms with E-state index < -0.39 is 12.0 Å². The largest absolute Gasteiger partial charge is 0.493 e. The lowest BCUT2D eigenvalue weighted by atomic mass is 10.1. The van der Waals surface area contributed by atoms with E-state index in [1.807, 2.05) is 25.1 Å². The predicted molar refractivity (Wildman–Crippen MR) is 102 cm³/mol. The lowest BCUT2D eigenvalue weighted by molar-refractivity contribution is -0.147. The zero-order chi connectivity index (χ0) is 17.9. The van der Waals surface area contributed by atoms with E-state index in [1.54, 1.807) is 13.0 Å². The minimum Gasteiger partial charge on any atom is -0.493 e. The molecule has 128 valence electrons. The molecule has 0 radical (unpaired) electrons. The molecule has 1 saturated heterocycles. The molecule has 0 N–H and O–H groups in total. The van der Waals surface area contributed by atoms with Gasteiger partial charge in [0.1, 0.15) is 16.1 Å². The minimum absolute atomic E-state index is 0.315. The van der Waals surface area contributed by atoms with Crippen molar-refractivity contribution in [1.29, 1.82) is 0 Å². The topological polar surface area (TPSA) is 55.8 Å². The molecular formula is C16H16BrNO4S2. The maximum atomic E-state index is 12.6. The Balaban J connectivity index is 2.35. The fourth-order valence-corrected chi connectivity index (χ4v) is 3.94. The standard InChI is InChI=1S/C16H16BrNO4S2/c1-4-22-12-6-5-11(17)7-10(12)8-13-14(19)18(16(23)24-13)9(2)15(20)21-3/h5-9H,4H2,1-3H3/b13-8-/t9-/m1/s1. The summed E-state index contributed by atoms with van der Waals surface area (Å²) in [5.74, 6) is -0.151. The number of benzene rings is 1. The van der Waals surface area contributed by atoms with E-state index in [0.717, 1.165) is 21.8 Å². The van der Waals surface area contributed by atoms with Crippen LogP contribution < -0.4 is 4.74 Å². The summed E-state index contributed by atoms with van der Waals surface area (Å²) in [5, 5.41) is 0. The van der Waals surface area contributed by atoms with Crippen LogP contribution in [0.15, 0.2) is 27.6 Å². The lowest BCUT2D eigenvalue weighted by Crippen LogP contribution is -2.42. The third-order valence-corrected chi connectivity index (χ3v) is 5.14. The van der Waals surface area contributed by atoms with Crippen LogP contribution in [0.25, 0.3) is 6.08 Å². The van der Waals surface area contributed by atoms with Crippen molar-refractivity contribution in [2.24, 2.45) is 0 Å². The van der Waals surface area contributed by atoms with E-state index >= 15 is 0 Å². The first-order chi connectivity index (χ1) is 11.4. The molecule has 1 atom stereocenters. The molecule has 0 aromatic heterocycles. The fourth-order valence-electron chi connectivity index (χ4n) is 2.15. The number of amides is 1. The number of esters is 1. The van der Waals surface area contributed by atoms with Crippen LogP contribution in [-0.4, -0.2) is 40.9 Å². The number of rotatable bonds is 5. The number of hydrogen-bond acceptors (Lipinski definition) is 6. The number of carbonyl (C=O) groups excluding carboxylic acids is 2. The Morgan fingerprint density at radius 2 is 2.21 bits per heavy atom. The number of thioether (sulfide) groups is 1. The second-order valence-corrected chi connectivity index (χ2v) is 7.46. The molecule has 8 heteroatoms.